The van der Waals surface area contributed by atoms with Crippen LogP contribution in [0.25, 0.3) is 0 Å². The second-order valence-electron chi connectivity index (χ2n) is 7.00. The number of nitrogens with one attached hydrogen (secondary N) is 1. The van der Waals surface area contributed by atoms with Crippen LogP contribution < -0.4 is 11.1 Å². The van der Waals surface area contributed by atoms with Crippen molar-refractivity contribution in [2.75, 3.05) is 26.2 Å². The van der Waals surface area contributed by atoms with Gasteiger partial charge in [0, 0.05) is 6.54 Å². The highest BCUT2D eigenvalue weighted by Gasteiger charge is 2.23. The quantitative estimate of drug-likeness (QED) is 0.600. The molecule has 1 aromatic rings. The summed E-state index contributed by atoms with van der Waals surface area (Å²) < 4.78 is 0. The Morgan fingerprint density at radius 2 is 1.87 bits per heavy atom. The van der Waals surface area contributed by atoms with Gasteiger partial charge in [-0.1, -0.05) is 43.7 Å². The molecule has 1 aliphatic heterocycles. The highest BCUT2D eigenvalue weighted by Crippen LogP contribution is 2.25. The van der Waals surface area contributed by atoms with Gasteiger partial charge in [-0.15, -0.1) is 0 Å². The predicted molar refractivity (Wildman–Crippen MR) is 98.7 cm³/mol. The van der Waals surface area contributed by atoms with Crippen molar-refractivity contribution >= 4 is 5.96 Å². The second kappa shape index (κ2) is 8.92. The Balaban J connectivity index is 1.98. The lowest BCUT2D eigenvalue weighted by molar-refractivity contribution is 0.251. The number of guanidine groups is 1. The highest BCUT2D eigenvalue weighted by molar-refractivity contribution is 5.77. The van der Waals surface area contributed by atoms with Crippen molar-refractivity contribution in [1.82, 2.24) is 10.2 Å². The summed E-state index contributed by atoms with van der Waals surface area (Å²) >= 11 is 0. The molecule has 1 aromatic carbocycles. The van der Waals surface area contributed by atoms with Gasteiger partial charge in [0.15, 0.2) is 5.96 Å². The SMILES string of the molecule is Cc1ccc(C(CN=C(N)NCCC(C)C)N2CCCC2)cc1. The lowest BCUT2D eigenvalue weighted by Crippen LogP contribution is -2.35. The van der Waals surface area contributed by atoms with E-state index in [0.29, 0.717) is 17.9 Å². The second-order valence-corrected chi connectivity index (χ2v) is 7.00. The molecule has 0 bridgehead atoms. The molecule has 4 nitrogen and oxygen atoms in total. The maximum atomic E-state index is 6.03. The molecule has 1 fully saturated rings. The molecule has 0 aromatic heterocycles. The number of benzene rings is 1. The third-order valence-electron chi connectivity index (χ3n) is 4.51. The number of likely N-dealkylation sites (tertiary alicyclic amines) is 1. The van der Waals surface area contributed by atoms with Crippen LogP contribution >= 0.6 is 0 Å². The Bertz CT molecular complexity index is 487. The van der Waals surface area contributed by atoms with Crippen LogP contribution in [0, 0.1) is 12.8 Å². The number of nitrogens with two attached hydrogens (primary N) is 1. The van der Waals surface area contributed by atoms with Crippen LogP contribution in [0.1, 0.15) is 50.3 Å². The average Bonchev–Trinajstić information content (AvgIpc) is 3.03. The molecule has 1 atom stereocenters. The number of nitrogens with zero attached hydrogens (tertiary/aromatic N) is 2. The fourth-order valence-electron chi connectivity index (χ4n) is 3.00. The van der Waals surface area contributed by atoms with Crippen LogP contribution in [-0.2, 0) is 0 Å². The fourth-order valence-corrected chi connectivity index (χ4v) is 3.00. The van der Waals surface area contributed by atoms with E-state index in [0.717, 1.165) is 32.6 Å². The molecule has 1 aliphatic rings. The Labute approximate surface area is 141 Å². The van der Waals surface area contributed by atoms with E-state index in [1.807, 2.05) is 0 Å². The fraction of sp³-hybridized carbons (Fsp3) is 0.632. The number of hydrogen-bond donors (Lipinski definition) is 2. The maximum Gasteiger partial charge on any atom is 0.188 e. The maximum absolute atomic E-state index is 6.03. The first kappa shape index (κ1) is 17.8. The van der Waals surface area contributed by atoms with Gasteiger partial charge < -0.3 is 11.1 Å². The van der Waals surface area contributed by atoms with E-state index in [1.165, 1.54) is 24.0 Å². The third kappa shape index (κ3) is 5.87. The lowest BCUT2D eigenvalue weighted by Gasteiger charge is -2.27. The van der Waals surface area contributed by atoms with Gasteiger partial charge in [0.25, 0.3) is 0 Å². The van der Waals surface area contributed by atoms with E-state index in [4.69, 9.17) is 5.73 Å². The number of aryl methyl sites for hydroxylation is 1. The predicted octanol–water partition coefficient (Wildman–Crippen LogP) is 3.08. The van der Waals surface area contributed by atoms with Crippen LogP contribution in [-0.4, -0.2) is 37.0 Å². The molecule has 1 unspecified atom stereocenters. The van der Waals surface area contributed by atoms with Crippen LogP contribution in [0.15, 0.2) is 29.3 Å². The minimum Gasteiger partial charge on any atom is -0.370 e. The molecule has 0 radical (unpaired) electrons. The van der Waals surface area contributed by atoms with E-state index in [-0.39, 0.29) is 0 Å². The van der Waals surface area contributed by atoms with E-state index >= 15 is 0 Å². The van der Waals surface area contributed by atoms with Crippen molar-refractivity contribution in [3.05, 3.63) is 35.4 Å². The van der Waals surface area contributed by atoms with Crippen LogP contribution in [0.2, 0.25) is 0 Å². The number of hydrogen-bond acceptors (Lipinski definition) is 2. The third-order valence-corrected chi connectivity index (χ3v) is 4.51. The Kier molecular flexibility index (Phi) is 6.90. The molecule has 0 aliphatic carbocycles. The number of aliphatic imine (C=N–C) groups is 1. The zero-order valence-electron chi connectivity index (χ0n) is 14.9. The minimum absolute atomic E-state index is 0.337. The summed E-state index contributed by atoms with van der Waals surface area (Å²) in [6.07, 6.45) is 3.69. The smallest absolute Gasteiger partial charge is 0.188 e. The summed E-state index contributed by atoms with van der Waals surface area (Å²) in [5.74, 6) is 1.25. The zero-order valence-corrected chi connectivity index (χ0v) is 14.9. The standard InChI is InChI=1S/C19H32N4/c1-15(2)10-11-21-19(20)22-14-18(23-12-4-5-13-23)17-8-6-16(3)7-9-17/h6-9,15,18H,4-5,10-14H2,1-3H3,(H3,20,21,22). The van der Waals surface area contributed by atoms with E-state index in [9.17, 15) is 0 Å². The Morgan fingerprint density at radius 1 is 1.22 bits per heavy atom. The first-order valence-corrected chi connectivity index (χ1v) is 8.90. The summed E-state index contributed by atoms with van der Waals surface area (Å²) in [6, 6.07) is 9.18. The van der Waals surface area contributed by atoms with Crippen molar-refractivity contribution in [2.45, 2.75) is 46.1 Å². The van der Waals surface area contributed by atoms with Gasteiger partial charge in [-0.05, 0) is 50.8 Å². The molecule has 4 heteroatoms. The van der Waals surface area contributed by atoms with Crippen LogP contribution in [0.3, 0.4) is 0 Å². The molecule has 0 spiro atoms. The minimum atomic E-state index is 0.337. The normalized spacial score (nSPS) is 17.7. The topological polar surface area (TPSA) is 53.6 Å². The van der Waals surface area contributed by atoms with Crippen molar-refractivity contribution in [1.29, 1.82) is 0 Å². The molecule has 23 heavy (non-hydrogen) atoms. The summed E-state index contributed by atoms with van der Waals surface area (Å²) in [7, 11) is 0. The van der Waals surface area contributed by atoms with Gasteiger partial charge in [-0.2, -0.15) is 0 Å². The van der Waals surface area contributed by atoms with Crippen molar-refractivity contribution < 1.29 is 0 Å². The Hall–Kier alpha value is -1.55. The largest absolute Gasteiger partial charge is 0.370 e. The first-order chi connectivity index (χ1) is 11.1. The molecular formula is C19H32N4. The van der Waals surface area contributed by atoms with E-state index in [1.54, 1.807) is 0 Å². The molecule has 0 amide bonds. The van der Waals surface area contributed by atoms with Gasteiger partial charge in [0.05, 0.1) is 12.6 Å². The summed E-state index contributed by atoms with van der Waals surface area (Å²) in [5, 5.41) is 3.23. The van der Waals surface area contributed by atoms with Crippen molar-refractivity contribution in [2.24, 2.45) is 16.6 Å². The number of rotatable bonds is 7. The molecule has 2 rings (SSSR count). The van der Waals surface area contributed by atoms with Crippen LogP contribution in [0.5, 0.6) is 0 Å². The first-order valence-electron chi connectivity index (χ1n) is 8.90. The van der Waals surface area contributed by atoms with Gasteiger partial charge in [-0.3, -0.25) is 9.89 Å². The monoisotopic (exact) mass is 316 g/mol. The highest BCUT2D eigenvalue weighted by atomic mass is 15.2. The molecule has 3 N–H and O–H groups in total. The van der Waals surface area contributed by atoms with E-state index < -0.39 is 0 Å². The summed E-state index contributed by atoms with van der Waals surface area (Å²) in [6.45, 7) is 10.5. The molecule has 0 saturated carbocycles. The Morgan fingerprint density at radius 3 is 2.48 bits per heavy atom. The molecule has 128 valence electrons. The van der Waals surface area contributed by atoms with Crippen molar-refractivity contribution in [3.8, 4) is 0 Å². The van der Waals surface area contributed by atoms with E-state index in [2.05, 4.69) is 60.2 Å². The zero-order chi connectivity index (χ0) is 16.7. The molecule has 1 heterocycles. The summed E-state index contributed by atoms with van der Waals surface area (Å²) in [4.78, 5) is 7.14. The van der Waals surface area contributed by atoms with Crippen molar-refractivity contribution in [3.63, 3.8) is 0 Å². The summed E-state index contributed by atoms with van der Waals surface area (Å²) in [5.41, 5.74) is 8.67. The van der Waals surface area contributed by atoms with Gasteiger partial charge in [0.2, 0.25) is 0 Å². The lowest BCUT2D eigenvalue weighted by atomic mass is 10.0. The van der Waals surface area contributed by atoms with Gasteiger partial charge >= 0.3 is 0 Å². The van der Waals surface area contributed by atoms with Crippen LogP contribution in [0.4, 0.5) is 0 Å². The average molecular weight is 316 g/mol. The molecular weight excluding hydrogens is 284 g/mol. The van der Waals surface area contributed by atoms with Gasteiger partial charge in [0.1, 0.15) is 0 Å². The van der Waals surface area contributed by atoms with Gasteiger partial charge in [-0.25, -0.2) is 0 Å². The molecule has 1 saturated heterocycles.